The first-order valence-corrected chi connectivity index (χ1v) is 11.6. The number of aromatic nitrogens is 2. The van der Waals surface area contributed by atoms with E-state index in [0.29, 0.717) is 43.3 Å². The molecule has 0 saturated carbocycles. The monoisotopic (exact) mass is 462 g/mol. The minimum absolute atomic E-state index is 0.0487. The van der Waals surface area contributed by atoms with Crippen molar-refractivity contribution in [3.63, 3.8) is 0 Å². The maximum Gasteiger partial charge on any atom is 0.410 e. The molecule has 0 unspecified atom stereocenters. The van der Waals surface area contributed by atoms with Crippen LogP contribution in [0.25, 0.3) is 10.8 Å². The highest BCUT2D eigenvalue weighted by Gasteiger charge is 2.26. The first kappa shape index (κ1) is 23.5. The van der Waals surface area contributed by atoms with Crippen molar-refractivity contribution >= 4 is 22.6 Å². The van der Waals surface area contributed by atoms with E-state index < -0.39 is 0 Å². The minimum Gasteiger partial charge on any atom is -0.474 e. The molecule has 1 aliphatic rings. The number of ether oxygens (including phenoxy) is 2. The molecule has 0 aliphatic carbocycles. The molecule has 0 radical (unpaired) electrons. The molecule has 4 rings (SSSR count). The molecule has 3 aromatic rings. The SMILES string of the molecule is C/C(=N/Oc1ncnc(OC2CCN(C(=O)OC(C)C)CC2)c1C)c1ccc2ccccc2c1. The van der Waals surface area contributed by atoms with E-state index in [2.05, 4.69) is 39.4 Å². The fraction of sp³-hybridized carbons (Fsp3) is 0.385. The van der Waals surface area contributed by atoms with Gasteiger partial charge in [-0.3, -0.25) is 0 Å². The third kappa shape index (κ3) is 5.62. The lowest BCUT2D eigenvalue weighted by atomic mass is 10.0. The largest absolute Gasteiger partial charge is 0.474 e. The van der Waals surface area contributed by atoms with Crippen LogP contribution in [0.3, 0.4) is 0 Å². The number of rotatable bonds is 6. The molecule has 0 bridgehead atoms. The lowest BCUT2D eigenvalue weighted by Crippen LogP contribution is -2.42. The van der Waals surface area contributed by atoms with Gasteiger partial charge in [0.05, 0.1) is 17.4 Å². The van der Waals surface area contributed by atoms with Gasteiger partial charge in [-0.15, -0.1) is 0 Å². The summed E-state index contributed by atoms with van der Waals surface area (Å²) in [6.45, 7) is 8.60. The highest BCUT2D eigenvalue weighted by molar-refractivity contribution is 6.01. The van der Waals surface area contributed by atoms with Crippen LogP contribution < -0.4 is 9.57 Å². The van der Waals surface area contributed by atoms with Crippen LogP contribution in [0.4, 0.5) is 4.79 Å². The summed E-state index contributed by atoms with van der Waals surface area (Å²) in [5.74, 6) is 0.815. The zero-order valence-corrected chi connectivity index (χ0v) is 20.0. The maximum atomic E-state index is 12.1. The Balaban J connectivity index is 1.38. The molecule has 8 heteroatoms. The van der Waals surface area contributed by atoms with E-state index in [4.69, 9.17) is 14.3 Å². The van der Waals surface area contributed by atoms with Crippen LogP contribution in [0.15, 0.2) is 53.9 Å². The second-order valence-electron chi connectivity index (χ2n) is 8.68. The first-order chi connectivity index (χ1) is 16.4. The summed E-state index contributed by atoms with van der Waals surface area (Å²) < 4.78 is 11.4. The van der Waals surface area contributed by atoms with E-state index in [9.17, 15) is 4.79 Å². The van der Waals surface area contributed by atoms with Gasteiger partial charge in [0.2, 0.25) is 5.88 Å². The molecular formula is C26H30N4O4. The van der Waals surface area contributed by atoms with E-state index in [1.54, 1.807) is 4.90 Å². The lowest BCUT2D eigenvalue weighted by Gasteiger charge is -2.31. The summed E-state index contributed by atoms with van der Waals surface area (Å²) in [5.41, 5.74) is 2.40. The van der Waals surface area contributed by atoms with Gasteiger partial charge in [-0.1, -0.05) is 41.6 Å². The minimum atomic E-state index is -0.276. The Morgan fingerprint density at radius 3 is 2.50 bits per heavy atom. The van der Waals surface area contributed by atoms with Crippen LogP contribution in [0, 0.1) is 6.92 Å². The molecule has 0 spiro atoms. The van der Waals surface area contributed by atoms with E-state index in [0.717, 1.165) is 16.7 Å². The van der Waals surface area contributed by atoms with Gasteiger partial charge in [0, 0.05) is 25.9 Å². The van der Waals surface area contributed by atoms with Crippen molar-refractivity contribution in [1.82, 2.24) is 14.9 Å². The predicted octanol–water partition coefficient (Wildman–Crippen LogP) is 5.13. The summed E-state index contributed by atoms with van der Waals surface area (Å²) in [5, 5.41) is 6.61. The highest BCUT2D eigenvalue weighted by Crippen LogP contribution is 2.26. The van der Waals surface area contributed by atoms with Crippen molar-refractivity contribution in [2.24, 2.45) is 5.16 Å². The lowest BCUT2D eigenvalue weighted by molar-refractivity contribution is 0.0504. The molecule has 8 nitrogen and oxygen atoms in total. The number of fused-ring (bicyclic) bond motifs is 1. The van der Waals surface area contributed by atoms with Crippen LogP contribution >= 0.6 is 0 Å². The molecule has 1 amide bonds. The molecular weight excluding hydrogens is 432 g/mol. The number of carbonyl (C=O) groups is 1. The van der Waals surface area contributed by atoms with E-state index in [1.807, 2.05) is 45.9 Å². The number of piperidine rings is 1. The second kappa shape index (κ2) is 10.5. The fourth-order valence-electron chi connectivity index (χ4n) is 3.80. The molecule has 1 saturated heterocycles. The van der Waals surface area contributed by atoms with Crippen molar-refractivity contribution in [2.75, 3.05) is 13.1 Å². The standard InChI is InChI=1S/C26H30N4O4/c1-17(2)32-26(31)30-13-11-23(12-14-30)33-24-18(3)25(28-16-27-24)34-29-19(4)21-10-9-20-7-5-6-8-22(20)15-21/h5-10,15-17,23H,11-14H2,1-4H3/b29-19-. The number of nitrogens with zero attached hydrogens (tertiary/aromatic N) is 4. The van der Waals surface area contributed by atoms with Gasteiger partial charge in [-0.2, -0.15) is 4.98 Å². The van der Waals surface area contributed by atoms with Gasteiger partial charge < -0.3 is 19.2 Å². The number of likely N-dealkylation sites (tertiary alicyclic amines) is 1. The molecule has 1 fully saturated rings. The summed E-state index contributed by atoms with van der Waals surface area (Å²) in [6, 6.07) is 14.4. The Labute approximate surface area is 199 Å². The van der Waals surface area contributed by atoms with Gasteiger partial charge in [0.1, 0.15) is 12.4 Å². The van der Waals surface area contributed by atoms with Crippen molar-refractivity contribution in [1.29, 1.82) is 0 Å². The Bertz CT molecular complexity index is 1190. The average molecular weight is 463 g/mol. The Kier molecular flexibility index (Phi) is 7.25. The summed E-state index contributed by atoms with van der Waals surface area (Å²) in [7, 11) is 0. The quantitative estimate of drug-likeness (QED) is 0.373. The fourth-order valence-corrected chi connectivity index (χ4v) is 3.80. The number of hydrogen-bond donors (Lipinski definition) is 0. The van der Waals surface area contributed by atoms with Gasteiger partial charge in [-0.05, 0) is 50.1 Å². The van der Waals surface area contributed by atoms with Gasteiger partial charge in [0.15, 0.2) is 0 Å². The van der Waals surface area contributed by atoms with Crippen LogP contribution in [0.1, 0.15) is 44.7 Å². The number of amides is 1. The molecule has 34 heavy (non-hydrogen) atoms. The van der Waals surface area contributed by atoms with Crippen LogP contribution in [0.5, 0.6) is 11.8 Å². The molecule has 1 aromatic heterocycles. The van der Waals surface area contributed by atoms with Crippen molar-refractivity contribution in [2.45, 2.75) is 52.7 Å². The van der Waals surface area contributed by atoms with Gasteiger partial charge >= 0.3 is 6.09 Å². The second-order valence-corrected chi connectivity index (χ2v) is 8.68. The average Bonchev–Trinajstić information content (AvgIpc) is 2.84. The number of benzene rings is 2. The molecule has 2 heterocycles. The zero-order chi connectivity index (χ0) is 24.1. The van der Waals surface area contributed by atoms with Crippen molar-refractivity contribution < 1.29 is 19.1 Å². The highest BCUT2D eigenvalue weighted by atomic mass is 16.6. The van der Waals surface area contributed by atoms with Crippen molar-refractivity contribution in [3.05, 3.63) is 59.9 Å². The van der Waals surface area contributed by atoms with Crippen LogP contribution in [0.2, 0.25) is 0 Å². The topological polar surface area (TPSA) is 86.1 Å². The van der Waals surface area contributed by atoms with Crippen molar-refractivity contribution in [3.8, 4) is 11.8 Å². The van der Waals surface area contributed by atoms with Gasteiger partial charge in [-0.25, -0.2) is 9.78 Å². The normalized spacial score (nSPS) is 15.0. The Hall–Kier alpha value is -3.68. The molecule has 178 valence electrons. The number of carbonyl (C=O) groups excluding carboxylic acids is 1. The molecule has 2 aromatic carbocycles. The predicted molar refractivity (Wildman–Crippen MR) is 130 cm³/mol. The number of hydrogen-bond acceptors (Lipinski definition) is 7. The van der Waals surface area contributed by atoms with E-state index in [-0.39, 0.29) is 18.3 Å². The van der Waals surface area contributed by atoms with Crippen LogP contribution in [-0.4, -0.2) is 52.0 Å². The third-order valence-corrected chi connectivity index (χ3v) is 5.74. The van der Waals surface area contributed by atoms with Crippen LogP contribution in [-0.2, 0) is 4.74 Å². The molecule has 0 atom stereocenters. The van der Waals surface area contributed by atoms with E-state index >= 15 is 0 Å². The van der Waals surface area contributed by atoms with Gasteiger partial charge in [0.25, 0.3) is 5.88 Å². The summed E-state index contributed by atoms with van der Waals surface area (Å²) >= 11 is 0. The smallest absolute Gasteiger partial charge is 0.410 e. The Morgan fingerprint density at radius 1 is 1.06 bits per heavy atom. The first-order valence-electron chi connectivity index (χ1n) is 11.6. The summed E-state index contributed by atoms with van der Waals surface area (Å²) in [6.07, 6.45) is 2.36. The molecule has 1 aliphatic heterocycles. The zero-order valence-electron chi connectivity index (χ0n) is 20.0. The Morgan fingerprint density at radius 2 is 1.76 bits per heavy atom. The third-order valence-electron chi connectivity index (χ3n) is 5.74. The van der Waals surface area contributed by atoms with E-state index in [1.165, 1.54) is 11.7 Å². The number of oxime groups is 1. The summed E-state index contributed by atoms with van der Waals surface area (Å²) in [4.78, 5) is 28.0. The molecule has 0 N–H and O–H groups in total. The maximum absolute atomic E-state index is 12.1.